The van der Waals surface area contributed by atoms with E-state index in [0.717, 1.165) is 0 Å². The van der Waals surface area contributed by atoms with E-state index in [1.54, 1.807) is 0 Å². The first-order chi connectivity index (χ1) is 8.14. The minimum absolute atomic E-state index is 0.0890. The fourth-order valence-corrected chi connectivity index (χ4v) is 1.11. The summed E-state index contributed by atoms with van der Waals surface area (Å²) in [5.41, 5.74) is -0.100. The van der Waals surface area contributed by atoms with E-state index in [0.29, 0.717) is 6.42 Å². The molecule has 7 heteroatoms. The van der Waals surface area contributed by atoms with Gasteiger partial charge in [-0.05, 0) is 12.3 Å². The first kappa shape index (κ1) is 14.5. The van der Waals surface area contributed by atoms with Crippen LogP contribution in [0.5, 0.6) is 0 Å². The van der Waals surface area contributed by atoms with Crippen LogP contribution in [0.25, 0.3) is 0 Å². The maximum Gasteiger partial charge on any atom is 0.554 e. The molecule has 0 bridgehead atoms. The van der Waals surface area contributed by atoms with Gasteiger partial charge in [-0.25, -0.2) is 14.6 Å². The molecule has 0 radical (unpaired) electrons. The van der Waals surface area contributed by atoms with Crippen LogP contribution in [0, 0.1) is 5.41 Å². The van der Waals surface area contributed by atoms with Crippen LogP contribution >= 0.6 is 0 Å². The van der Waals surface area contributed by atoms with Crippen molar-refractivity contribution >= 4 is 12.1 Å². The molecule has 0 aromatic rings. The molecule has 0 unspecified atom stereocenters. The second-order valence-electron chi connectivity index (χ2n) is 5.17. The summed E-state index contributed by atoms with van der Waals surface area (Å²) in [5.74, 6) is -2.32. The lowest BCUT2D eigenvalue weighted by Gasteiger charge is -2.19. The zero-order valence-electron chi connectivity index (χ0n) is 10.8. The van der Waals surface area contributed by atoms with Gasteiger partial charge in [0.05, 0.1) is 6.42 Å². The first-order valence-corrected chi connectivity index (χ1v) is 5.28. The van der Waals surface area contributed by atoms with Gasteiger partial charge >= 0.3 is 18.1 Å². The largest absolute Gasteiger partial charge is 0.554 e. The van der Waals surface area contributed by atoms with Crippen LogP contribution in [0.1, 0.15) is 34.1 Å². The third-order valence-electron chi connectivity index (χ3n) is 1.79. The summed E-state index contributed by atoms with van der Waals surface area (Å²) in [5, 5.41) is 0. The standard InChI is InChI=1S/C11H16O7/c1-7(2)8(12)15-16-9(13)14-11(17-18-11)6-10(3,4)5/h1,6H2,2-5H3. The van der Waals surface area contributed by atoms with Crippen molar-refractivity contribution in [1.29, 1.82) is 0 Å². The molecular weight excluding hydrogens is 244 g/mol. The van der Waals surface area contributed by atoms with Gasteiger partial charge in [0.2, 0.25) is 0 Å². The predicted octanol–water partition coefficient (Wildman–Crippen LogP) is 2.23. The zero-order chi connectivity index (χ0) is 14.0. The van der Waals surface area contributed by atoms with Crippen LogP contribution in [0.4, 0.5) is 4.79 Å². The number of carbonyl (C=O) groups is 2. The molecule has 0 N–H and O–H groups in total. The summed E-state index contributed by atoms with van der Waals surface area (Å²) in [7, 11) is 0. The van der Waals surface area contributed by atoms with Crippen molar-refractivity contribution in [2.45, 2.75) is 40.1 Å². The van der Waals surface area contributed by atoms with Gasteiger partial charge in [-0.3, -0.25) is 0 Å². The molecule has 0 aromatic heterocycles. The van der Waals surface area contributed by atoms with Gasteiger partial charge in [-0.15, -0.1) is 0 Å². The Labute approximate surface area is 104 Å². The van der Waals surface area contributed by atoms with Gasteiger partial charge in [0, 0.05) is 5.57 Å². The van der Waals surface area contributed by atoms with Gasteiger partial charge in [0.1, 0.15) is 0 Å². The van der Waals surface area contributed by atoms with Gasteiger partial charge < -0.3 is 4.74 Å². The van der Waals surface area contributed by atoms with Crippen LogP contribution in [0.15, 0.2) is 12.2 Å². The highest BCUT2D eigenvalue weighted by Crippen LogP contribution is 2.41. The molecule has 1 rings (SSSR count). The monoisotopic (exact) mass is 260 g/mol. The van der Waals surface area contributed by atoms with Crippen molar-refractivity contribution in [3.63, 3.8) is 0 Å². The van der Waals surface area contributed by atoms with E-state index in [1.165, 1.54) is 6.92 Å². The van der Waals surface area contributed by atoms with Gasteiger partial charge in [-0.2, -0.15) is 14.6 Å². The molecule has 1 aliphatic rings. The summed E-state index contributed by atoms with van der Waals surface area (Å²) in [6.45, 7) is 10.5. The molecule has 0 atom stereocenters. The fraction of sp³-hybridized carbons (Fsp3) is 0.636. The fourth-order valence-electron chi connectivity index (χ4n) is 1.11. The molecule has 0 amide bonds. The second kappa shape index (κ2) is 4.95. The molecule has 1 saturated heterocycles. The molecule has 0 aromatic carbocycles. The topological polar surface area (TPSA) is 86.9 Å². The van der Waals surface area contributed by atoms with Crippen molar-refractivity contribution in [1.82, 2.24) is 0 Å². The van der Waals surface area contributed by atoms with E-state index in [9.17, 15) is 9.59 Å². The molecule has 102 valence electrons. The average Bonchev–Trinajstić information content (AvgIpc) is 2.90. The van der Waals surface area contributed by atoms with Gasteiger partial charge in [0.15, 0.2) is 0 Å². The molecule has 1 aliphatic heterocycles. The third kappa shape index (κ3) is 4.72. The summed E-state index contributed by atoms with van der Waals surface area (Å²) in [6, 6.07) is 0. The molecule has 7 nitrogen and oxygen atoms in total. The Balaban J connectivity index is 2.37. The predicted molar refractivity (Wildman–Crippen MR) is 57.4 cm³/mol. The van der Waals surface area contributed by atoms with Crippen LogP contribution in [0.2, 0.25) is 0 Å². The van der Waals surface area contributed by atoms with Gasteiger partial charge in [-0.1, -0.05) is 27.4 Å². The molecule has 0 spiro atoms. The quantitative estimate of drug-likeness (QED) is 0.253. The highest BCUT2D eigenvalue weighted by Gasteiger charge is 2.56. The summed E-state index contributed by atoms with van der Waals surface area (Å²) >= 11 is 0. The van der Waals surface area contributed by atoms with Gasteiger partial charge in [0.25, 0.3) is 0 Å². The molecule has 0 aliphatic carbocycles. The second-order valence-corrected chi connectivity index (χ2v) is 5.17. The first-order valence-electron chi connectivity index (χ1n) is 5.28. The molecule has 1 heterocycles. The van der Waals surface area contributed by atoms with Crippen LogP contribution in [-0.4, -0.2) is 18.1 Å². The van der Waals surface area contributed by atoms with Crippen LogP contribution in [0.3, 0.4) is 0 Å². The Kier molecular flexibility index (Phi) is 3.98. The van der Waals surface area contributed by atoms with E-state index in [4.69, 9.17) is 4.74 Å². The average molecular weight is 260 g/mol. The lowest BCUT2D eigenvalue weighted by molar-refractivity contribution is -0.247. The molecule has 0 saturated carbocycles. The normalized spacial score (nSPS) is 16.7. The third-order valence-corrected chi connectivity index (χ3v) is 1.79. The van der Waals surface area contributed by atoms with E-state index in [2.05, 4.69) is 26.1 Å². The van der Waals surface area contributed by atoms with E-state index < -0.39 is 18.1 Å². The molecule has 18 heavy (non-hydrogen) atoms. The number of hydrogen-bond donors (Lipinski definition) is 0. The Morgan fingerprint density at radius 1 is 1.22 bits per heavy atom. The minimum atomic E-state index is -1.45. The summed E-state index contributed by atoms with van der Waals surface area (Å²) < 4.78 is 4.74. The Bertz CT molecular complexity index is 362. The zero-order valence-corrected chi connectivity index (χ0v) is 10.8. The number of carbonyl (C=O) groups excluding carboxylic acids is 2. The lowest BCUT2D eigenvalue weighted by Crippen LogP contribution is -2.27. The highest BCUT2D eigenvalue weighted by atomic mass is 17.5. The highest BCUT2D eigenvalue weighted by molar-refractivity contribution is 5.86. The van der Waals surface area contributed by atoms with Crippen molar-refractivity contribution in [3.8, 4) is 0 Å². The van der Waals surface area contributed by atoms with Crippen LogP contribution < -0.4 is 0 Å². The van der Waals surface area contributed by atoms with Crippen molar-refractivity contribution in [3.05, 3.63) is 12.2 Å². The van der Waals surface area contributed by atoms with E-state index >= 15 is 0 Å². The van der Waals surface area contributed by atoms with E-state index in [-0.39, 0.29) is 11.0 Å². The van der Waals surface area contributed by atoms with Crippen LogP contribution in [-0.2, 0) is 29.1 Å². The summed E-state index contributed by atoms with van der Waals surface area (Å²) in [6.07, 6.45) is -0.921. The smallest absolute Gasteiger partial charge is 0.369 e. The number of hydrogen-bond acceptors (Lipinski definition) is 7. The van der Waals surface area contributed by atoms with E-state index in [1.807, 2.05) is 20.8 Å². The lowest BCUT2D eigenvalue weighted by atomic mass is 9.91. The Hall–Kier alpha value is -1.60. The summed E-state index contributed by atoms with van der Waals surface area (Å²) in [4.78, 5) is 39.6. The number of ether oxygens (including phenoxy) is 1. The molecular formula is C11H16O7. The van der Waals surface area contributed by atoms with Crippen molar-refractivity contribution in [2.24, 2.45) is 5.41 Å². The SMILES string of the molecule is C=C(C)C(=O)OOC(=O)OC1(CC(C)(C)C)OO1. The minimum Gasteiger partial charge on any atom is -0.369 e. The Morgan fingerprint density at radius 3 is 2.17 bits per heavy atom. The van der Waals surface area contributed by atoms with Crippen molar-refractivity contribution < 1.29 is 33.9 Å². The Morgan fingerprint density at radius 2 is 1.78 bits per heavy atom. The number of rotatable bonds is 3. The maximum atomic E-state index is 11.2. The van der Waals surface area contributed by atoms with Crippen molar-refractivity contribution in [2.75, 3.05) is 0 Å². The maximum absolute atomic E-state index is 11.2. The molecule has 1 fully saturated rings.